The first kappa shape index (κ1) is 10.8. The van der Waals surface area contributed by atoms with Crippen LogP contribution in [0.4, 0.5) is 0 Å². The highest BCUT2D eigenvalue weighted by molar-refractivity contribution is 5.89. The summed E-state index contributed by atoms with van der Waals surface area (Å²) in [5.74, 6) is -0.367. The zero-order valence-electron chi connectivity index (χ0n) is 8.41. The Kier molecular flexibility index (Phi) is 3.71. The molecule has 4 nitrogen and oxygen atoms in total. The van der Waals surface area contributed by atoms with Crippen molar-refractivity contribution in [2.45, 2.75) is 26.4 Å². The average molecular weight is 197 g/mol. The topological polar surface area (TPSA) is 62.3 Å². The van der Waals surface area contributed by atoms with E-state index in [0.29, 0.717) is 18.7 Å². The number of aromatic amines is 1. The number of hydrogen-bond donors (Lipinski definition) is 2. The molecule has 1 atom stereocenters. The van der Waals surface area contributed by atoms with Crippen molar-refractivity contribution in [1.29, 1.82) is 0 Å². The van der Waals surface area contributed by atoms with Gasteiger partial charge in [-0.05, 0) is 25.5 Å². The van der Waals surface area contributed by atoms with E-state index in [2.05, 4.69) is 4.98 Å². The Bertz CT molecular complexity index is 304. The first-order chi connectivity index (χ1) is 6.65. The summed E-state index contributed by atoms with van der Waals surface area (Å²) in [7, 11) is 0. The molecule has 2 N–H and O–H groups in total. The SMILES string of the molecule is CCOC(=O)c1[nH]ccc1CC(C)O. The number of rotatable bonds is 4. The highest BCUT2D eigenvalue weighted by Gasteiger charge is 2.14. The summed E-state index contributed by atoms with van der Waals surface area (Å²) in [5.41, 5.74) is 1.23. The van der Waals surface area contributed by atoms with Crippen molar-refractivity contribution in [1.82, 2.24) is 4.98 Å². The minimum atomic E-state index is -0.459. The van der Waals surface area contributed by atoms with E-state index in [1.165, 1.54) is 0 Å². The fourth-order valence-electron chi connectivity index (χ4n) is 1.28. The van der Waals surface area contributed by atoms with Crippen LogP contribution in [0.2, 0.25) is 0 Å². The van der Waals surface area contributed by atoms with Gasteiger partial charge in [-0.25, -0.2) is 4.79 Å². The summed E-state index contributed by atoms with van der Waals surface area (Å²) in [6.45, 7) is 3.79. The number of nitrogens with one attached hydrogen (secondary N) is 1. The van der Waals surface area contributed by atoms with Gasteiger partial charge in [0, 0.05) is 12.6 Å². The molecular formula is C10H15NO3. The zero-order chi connectivity index (χ0) is 10.6. The van der Waals surface area contributed by atoms with Crippen molar-refractivity contribution in [3.8, 4) is 0 Å². The molecule has 0 bridgehead atoms. The van der Waals surface area contributed by atoms with E-state index in [4.69, 9.17) is 4.74 Å². The summed E-state index contributed by atoms with van der Waals surface area (Å²) in [4.78, 5) is 14.2. The number of ether oxygens (including phenoxy) is 1. The van der Waals surface area contributed by atoms with Crippen molar-refractivity contribution in [2.75, 3.05) is 6.61 Å². The molecule has 0 saturated heterocycles. The molecule has 0 aromatic carbocycles. The molecule has 0 spiro atoms. The molecular weight excluding hydrogens is 182 g/mol. The van der Waals surface area contributed by atoms with Crippen molar-refractivity contribution >= 4 is 5.97 Å². The second-order valence-corrected chi connectivity index (χ2v) is 3.15. The summed E-state index contributed by atoms with van der Waals surface area (Å²) in [5, 5.41) is 9.19. The Morgan fingerprint density at radius 3 is 3.00 bits per heavy atom. The molecule has 78 valence electrons. The lowest BCUT2D eigenvalue weighted by molar-refractivity contribution is 0.0518. The smallest absolute Gasteiger partial charge is 0.355 e. The van der Waals surface area contributed by atoms with Crippen molar-refractivity contribution in [3.05, 3.63) is 23.5 Å². The molecule has 0 radical (unpaired) electrons. The Labute approximate surface area is 82.9 Å². The van der Waals surface area contributed by atoms with E-state index in [-0.39, 0.29) is 5.97 Å². The molecule has 0 amide bonds. The Balaban J connectivity index is 2.76. The summed E-state index contributed by atoms with van der Waals surface area (Å²) >= 11 is 0. The van der Waals surface area contributed by atoms with E-state index < -0.39 is 6.10 Å². The summed E-state index contributed by atoms with van der Waals surface area (Å²) < 4.78 is 4.86. The van der Waals surface area contributed by atoms with Crippen molar-refractivity contribution < 1.29 is 14.6 Å². The van der Waals surface area contributed by atoms with E-state index in [0.717, 1.165) is 5.56 Å². The Morgan fingerprint density at radius 1 is 1.71 bits per heavy atom. The van der Waals surface area contributed by atoms with Gasteiger partial charge in [-0.15, -0.1) is 0 Å². The van der Waals surface area contributed by atoms with Gasteiger partial charge in [0.2, 0.25) is 0 Å². The third-order valence-corrected chi connectivity index (χ3v) is 1.83. The maximum absolute atomic E-state index is 11.4. The molecule has 4 heteroatoms. The predicted molar refractivity (Wildman–Crippen MR) is 52.1 cm³/mol. The molecule has 1 aromatic rings. The lowest BCUT2D eigenvalue weighted by atomic mass is 10.1. The van der Waals surface area contributed by atoms with Crippen LogP contribution in [0, 0.1) is 0 Å². The number of carbonyl (C=O) groups is 1. The summed E-state index contributed by atoms with van der Waals surface area (Å²) in [6.07, 6.45) is 1.67. The molecule has 1 aromatic heterocycles. The van der Waals surface area contributed by atoms with Crippen LogP contribution in [-0.2, 0) is 11.2 Å². The van der Waals surface area contributed by atoms with E-state index in [1.807, 2.05) is 0 Å². The Hall–Kier alpha value is -1.29. The van der Waals surface area contributed by atoms with Gasteiger partial charge in [-0.1, -0.05) is 0 Å². The van der Waals surface area contributed by atoms with Crippen molar-refractivity contribution in [2.24, 2.45) is 0 Å². The van der Waals surface area contributed by atoms with Gasteiger partial charge in [-0.2, -0.15) is 0 Å². The lowest BCUT2D eigenvalue weighted by Gasteiger charge is -2.05. The van der Waals surface area contributed by atoms with Crippen LogP contribution in [0.25, 0.3) is 0 Å². The fourth-order valence-corrected chi connectivity index (χ4v) is 1.28. The van der Waals surface area contributed by atoms with Crippen LogP contribution >= 0.6 is 0 Å². The minimum Gasteiger partial charge on any atom is -0.461 e. The van der Waals surface area contributed by atoms with Crippen LogP contribution in [0.5, 0.6) is 0 Å². The maximum Gasteiger partial charge on any atom is 0.355 e. The molecule has 0 saturated carbocycles. The minimum absolute atomic E-state index is 0.353. The second kappa shape index (κ2) is 4.81. The van der Waals surface area contributed by atoms with Gasteiger partial charge in [0.05, 0.1) is 12.7 Å². The number of aliphatic hydroxyl groups is 1. The first-order valence-corrected chi connectivity index (χ1v) is 4.66. The van der Waals surface area contributed by atoms with Crippen LogP contribution in [0.15, 0.2) is 12.3 Å². The van der Waals surface area contributed by atoms with Crippen molar-refractivity contribution in [3.63, 3.8) is 0 Å². The summed E-state index contributed by atoms with van der Waals surface area (Å²) in [6, 6.07) is 1.78. The molecule has 1 rings (SSSR count). The number of hydrogen-bond acceptors (Lipinski definition) is 3. The highest BCUT2D eigenvalue weighted by Crippen LogP contribution is 2.10. The molecule has 14 heavy (non-hydrogen) atoms. The van der Waals surface area contributed by atoms with Crippen LogP contribution in [-0.4, -0.2) is 28.8 Å². The number of aromatic nitrogens is 1. The standard InChI is InChI=1S/C10H15NO3/c1-3-14-10(13)9-8(4-5-11-9)6-7(2)12/h4-5,7,11-12H,3,6H2,1-2H3. The quantitative estimate of drug-likeness (QED) is 0.711. The van der Waals surface area contributed by atoms with Crippen LogP contribution in [0.1, 0.15) is 29.9 Å². The normalized spacial score (nSPS) is 12.5. The zero-order valence-corrected chi connectivity index (χ0v) is 8.41. The number of carbonyl (C=O) groups excluding carboxylic acids is 1. The molecule has 0 aliphatic heterocycles. The number of esters is 1. The predicted octanol–water partition coefficient (Wildman–Crippen LogP) is 1.11. The second-order valence-electron chi connectivity index (χ2n) is 3.15. The van der Waals surface area contributed by atoms with Gasteiger partial charge in [0.25, 0.3) is 0 Å². The molecule has 0 fully saturated rings. The maximum atomic E-state index is 11.4. The van der Waals surface area contributed by atoms with E-state index in [1.54, 1.807) is 26.1 Å². The average Bonchev–Trinajstić information content (AvgIpc) is 2.51. The Morgan fingerprint density at radius 2 is 2.43 bits per heavy atom. The fraction of sp³-hybridized carbons (Fsp3) is 0.500. The van der Waals surface area contributed by atoms with Gasteiger partial charge >= 0.3 is 5.97 Å². The molecule has 1 unspecified atom stereocenters. The van der Waals surface area contributed by atoms with Gasteiger partial charge in [-0.3, -0.25) is 0 Å². The third-order valence-electron chi connectivity index (χ3n) is 1.83. The number of H-pyrrole nitrogens is 1. The number of aliphatic hydroxyl groups excluding tert-OH is 1. The van der Waals surface area contributed by atoms with E-state index >= 15 is 0 Å². The van der Waals surface area contributed by atoms with Crippen LogP contribution in [0.3, 0.4) is 0 Å². The monoisotopic (exact) mass is 197 g/mol. The van der Waals surface area contributed by atoms with Gasteiger partial charge in [0.15, 0.2) is 0 Å². The molecule has 0 aliphatic rings. The first-order valence-electron chi connectivity index (χ1n) is 4.66. The molecule has 1 heterocycles. The lowest BCUT2D eigenvalue weighted by Crippen LogP contribution is -2.11. The van der Waals surface area contributed by atoms with Crippen LogP contribution < -0.4 is 0 Å². The highest BCUT2D eigenvalue weighted by atomic mass is 16.5. The largest absolute Gasteiger partial charge is 0.461 e. The van der Waals surface area contributed by atoms with Gasteiger partial charge in [0.1, 0.15) is 5.69 Å². The van der Waals surface area contributed by atoms with Gasteiger partial charge < -0.3 is 14.8 Å². The van der Waals surface area contributed by atoms with E-state index in [9.17, 15) is 9.90 Å². The molecule has 0 aliphatic carbocycles. The third kappa shape index (κ3) is 2.60.